The van der Waals surface area contributed by atoms with Gasteiger partial charge in [0, 0.05) is 20.1 Å². The third kappa shape index (κ3) is 3.85. The second-order valence-electron chi connectivity index (χ2n) is 4.59. The molecule has 1 aromatic carbocycles. The molecule has 0 aliphatic rings. The second kappa shape index (κ2) is 7.26. The van der Waals surface area contributed by atoms with E-state index in [0.717, 1.165) is 34.9 Å². The topological polar surface area (TPSA) is 50.3 Å². The summed E-state index contributed by atoms with van der Waals surface area (Å²) >= 11 is 3.57. The van der Waals surface area contributed by atoms with E-state index in [1.165, 1.54) is 5.56 Å². The molecule has 1 aromatic heterocycles. The first-order valence-electron chi connectivity index (χ1n) is 6.74. The molecule has 21 heavy (non-hydrogen) atoms. The number of aromatic nitrogens is 2. The Morgan fingerprint density at radius 2 is 1.95 bits per heavy atom. The summed E-state index contributed by atoms with van der Waals surface area (Å²) in [6.45, 7) is 3.61. The molecule has 0 saturated carbocycles. The van der Waals surface area contributed by atoms with E-state index in [0.29, 0.717) is 0 Å². The SMILES string of the molecule is CCNc1ncnc(N(C)Cc2ccc(OC)cc2)c1Br. The molecule has 1 N–H and O–H groups in total. The van der Waals surface area contributed by atoms with Crippen LogP contribution in [0.25, 0.3) is 0 Å². The summed E-state index contributed by atoms with van der Waals surface area (Å²) in [7, 11) is 3.68. The number of ether oxygens (including phenoxy) is 1. The van der Waals surface area contributed by atoms with Gasteiger partial charge in [-0.3, -0.25) is 0 Å². The molecule has 112 valence electrons. The minimum absolute atomic E-state index is 0.755. The molecule has 1 heterocycles. The quantitative estimate of drug-likeness (QED) is 0.865. The van der Waals surface area contributed by atoms with Crippen molar-refractivity contribution in [1.29, 1.82) is 0 Å². The Morgan fingerprint density at radius 3 is 2.57 bits per heavy atom. The smallest absolute Gasteiger partial charge is 0.148 e. The molecule has 0 bridgehead atoms. The molecule has 0 aliphatic carbocycles. The lowest BCUT2D eigenvalue weighted by Gasteiger charge is -2.20. The van der Waals surface area contributed by atoms with Gasteiger partial charge < -0.3 is 15.0 Å². The molecular formula is C15H19BrN4O. The summed E-state index contributed by atoms with van der Waals surface area (Å²) in [5.41, 5.74) is 1.19. The molecule has 0 amide bonds. The molecule has 0 saturated heterocycles. The van der Waals surface area contributed by atoms with Gasteiger partial charge in [0.1, 0.15) is 28.2 Å². The van der Waals surface area contributed by atoms with Crippen molar-refractivity contribution in [1.82, 2.24) is 9.97 Å². The highest BCUT2D eigenvalue weighted by Gasteiger charge is 2.12. The van der Waals surface area contributed by atoms with Gasteiger partial charge >= 0.3 is 0 Å². The minimum Gasteiger partial charge on any atom is -0.497 e. The van der Waals surface area contributed by atoms with E-state index in [1.54, 1.807) is 13.4 Å². The Hall–Kier alpha value is -1.82. The maximum atomic E-state index is 5.17. The van der Waals surface area contributed by atoms with E-state index in [2.05, 4.69) is 48.2 Å². The van der Waals surface area contributed by atoms with Crippen molar-refractivity contribution in [2.75, 3.05) is 30.9 Å². The molecule has 0 radical (unpaired) electrons. The van der Waals surface area contributed by atoms with E-state index >= 15 is 0 Å². The van der Waals surface area contributed by atoms with Gasteiger partial charge in [-0.05, 0) is 40.5 Å². The number of benzene rings is 1. The van der Waals surface area contributed by atoms with E-state index in [4.69, 9.17) is 4.74 Å². The third-order valence-electron chi connectivity index (χ3n) is 3.06. The highest BCUT2D eigenvalue weighted by Crippen LogP contribution is 2.29. The number of halogens is 1. The number of rotatable bonds is 6. The highest BCUT2D eigenvalue weighted by atomic mass is 79.9. The average Bonchev–Trinajstić information content (AvgIpc) is 2.50. The third-order valence-corrected chi connectivity index (χ3v) is 3.79. The van der Waals surface area contributed by atoms with Gasteiger partial charge in [0.05, 0.1) is 7.11 Å². The number of anilines is 2. The standard InChI is InChI=1S/C15H19BrN4O/c1-4-17-14-13(16)15(19-10-18-14)20(2)9-11-5-7-12(21-3)8-6-11/h5-8,10H,4,9H2,1-3H3,(H,17,18,19). The lowest BCUT2D eigenvalue weighted by atomic mass is 10.2. The maximum absolute atomic E-state index is 5.17. The average molecular weight is 351 g/mol. The van der Waals surface area contributed by atoms with Gasteiger partial charge in [-0.2, -0.15) is 0 Å². The van der Waals surface area contributed by atoms with Gasteiger partial charge in [-0.25, -0.2) is 9.97 Å². The fraction of sp³-hybridized carbons (Fsp3) is 0.333. The van der Waals surface area contributed by atoms with Crippen molar-refractivity contribution in [3.63, 3.8) is 0 Å². The molecule has 6 heteroatoms. The number of nitrogens with zero attached hydrogens (tertiary/aromatic N) is 3. The summed E-state index contributed by atoms with van der Waals surface area (Å²) in [6.07, 6.45) is 1.57. The maximum Gasteiger partial charge on any atom is 0.148 e. The van der Waals surface area contributed by atoms with Crippen LogP contribution in [-0.4, -0.2) is 30.7 Å². The van der Waals surface area contributed by atoms with Crippen LogP contribution in [0.2, 0.25) is 0 Å². The van der Waals surface area contributed by atoms with Crippen molar-refractivity contribution in [2.45, 2.75) is 13.5 Å². The summed E-state index contributed by atoms with van der Waals surface area (Å²) in [5, 5.41) is 3.21. The molecule has 0 aliphatic heterocycles. The van der Waals surface area contributed by atoms with Gasteiger partial charge in [-0.15, -0.1) is 0 Å². The second-order valence-corrected chi connectivity index (χ2v) is 5.39. The van der Waals surface area contributed by atoms with Crippen LogP contribution in [0.3, 0.4) is 0 Å². The van der Waals surface area contributed by atoms with Gasteiger partial charge in [0.25, 0.3) is 0 Å². The van der Waals surface area contributed by atoms with Crippen LogP contribution in [0.5, 0.6) is 5.75 Å². The van der Waals surface area contributed by atoms with Crippen LogP contribution in [-0.2, 0) is 6.54 Å². The van der Waals surface area contributed by atoms with Crippen LogP contribution in [0.15, 0.2) is 35.1 Å². The van der Waals surface area contributed by atoms with E-state index in [-0.39, 0.29) is 0 Å². The van der Waals surface area contributed by atoms with Gasteiger partial charge in [-0.1, -0.05) is 12.1 Å². The molecule has 2 rings (SSSR count). The van der Waals surface area contributed by atoms with Crippen molar-refractivity contribution in [3.8, 4) is 5.75 Å². The Balaban J connectivity index is 2.15. The van der Waals surface area contributed by atoms with E-state index in [1.807, 2.05) is 26.1 Å². The summed E-state index contributed by atoms with van der Waals surface area (Å²) < 4.78 is 6.05. The fourth-order valence-electron chi connectivity index (χ4n) is 2.00. The van der Waals surface area contributed by atoms with E-state index < -0.39 is 0 Å². The van der Waals surface area contributed by atoms with Crippen molar-refractivity contribution in [2.24, 2.45) is 0 Å². The van der Waals surface area contributed by atoms with Crippen molar-refractivity contribution >= 4 is 27.6 Å². The monoisotopic (exact) mass is 350 g/mol. The zero-order valence-corrected chi connectivity index (χ0v) is 14.0. The van der Waals surface area contributed by atoms with Crippen molar-refractivity contribution < 1.29 is 4.74 Å². The fourth-order valence-corrected chi connectivity index (χ4v) is 2.64. The molecular weight excluding hydrogens is 332 g/mol. The first kappa shape index (κ1) is 15.6. The zero-order chi connectivity index (χ0) is 15.2. The molecule has 0 unspecified atom stereocenters. The van der Waals surface area contributed by atoms with Crippen molar-refractivity contribution in [3.05, 3.63) is 40.6 Å². The van der Waals surface area contributed by atoms with Crippen LogP contribution in [0.1, 0.15) is 12.5 Å². The first-order valence-corrected chi connectivity index (χ1v) is 7.53. The van der Waals surface area contributed by atoms with Crippen LogP contribution >= 0.6 is 15.9 Å². The van der Waals surface area contributed by atoms with Crippen LogP contribution < -0.4 is 15.0 Å². The lowest BCUT2D eigenvalue weighted by Crippen LogP contribution is -2.19. The number of hydrogen-bond donors (Lipinski definition) is 1. The molecule has 0 atom stereocenters. The summed E-state index contributed by atoms with van der Waals surface area (Å²) in [4.78, 5) is 10.7. The van der Waals surface area contributed by atoms with Gasteiger partial charge in [0.15, 0.2) is 0 Å². The molecule has 5 nitrogen and oxygen atoms in total. The Morgan fingerprint density at radius 1 is 1.24 bits per heavy atom. The normalized spacial score (nSPS) is 10.3. The minimum atomic E-state index is 0.755. The highest BCUT2D eigenvalue weighted by molar-refractivity contribution is 9.10. The summed E-state index contributed by atoms with van der Waals surface area (Å²) in [5.74, 6) is 2.53. The summed E-state index contributed by atoms with van der Waals surface area (Å²) in [6, 6.07) is 8.02. The van der Waals surface area contributed by atoms with E-state index in [9.17, 15) is 0 Å². The Labute approximate surface area is 133 Å². The number of methoxy groups -OCH3 is 1. The molecule has 2 aromatic rings. The zero-order valence-electron chi connectivity index (χ0n) is 12.4. The lowest BCUT2D eigenvalue weighted by molar-refractivity contribution is 0.414. The largest absolute Gasteiger partial charge is 0.497 e. The van der Waals surface area contributed by atoms with Gasteiger partial charge in [0.2, 0.25) is 0 Å². The predicted octanol–water partition coefficient (Wildman–Crippen LogP) is 3.32. The Bertz CT molecular complexity index is 589. The molecule has 0 spiro atoms. The number of hydrogen-bond acceptors (Lipinski definition) is 5. The first-order chi connectivity index (χ1) is 10.2. The predicted molar refractivity (Wildman–Crippen MR) is 89.0 cm³/mol. The van der Waals surface area contributed by atoms with Crippen LogP contribution in [0.4, 0.5) is 11.6 Å². The number of nitrogens with one attached hydrogen (secondary N) is 1. The van der Waals surface area contributed by atoms with Crippen LogP contribution in [0, 0.1) is 0 Å². The Kier molecular flexibility index (Phi) is 5.38. The molecule has 0 fully saturated rings.